The lowest BCUT2D eigenvalue weighted by Gasteiger charge is -2.50. The SMILES string of the molecule is O=C1CCC2CC3=CC=CN4C=COC(C2C1)C34. The summed E-state index contributed by atoms with van der Waals surface area (Å²) in [6.45, 7) is 0. The normalized spacial score (nSPS) is 40.8. The number of Topliss-reactive ketones (excluding diaryl/α,β-unsaturated/α-hetero) is 1. The Bertz CT molecular complexity index is 477. The molecule has 0 aromatic rings. The molecule has 0 radical (unpaired) electrons. The van der Waals surface area contributed by atoms with Crippen LogP contribution in [0.5, 0.6) is 0 Å². The van der Waals surface area contributed by atoms with Crippen LogP contribution in [0, 0.1) is 11.8 Å². The molecule has 0 N–H and O–H groups in total. The van der Waals surface area contributed by atoms with Crippen molar-refractivity contribution in [3.05, 3.63) is 36.4 Å². The van der Waals surface area contributed by atoms with Gasteiger partial charge in [-0.15, -0.1) is 0 Å². The van der Waals surface area contributed by atoms with Crippen LogP contribution < -0.4 is 0 Å². The maximum atomic E-state index is 11.7. The molecule has 4 unspecified atom stereocenters. The number of ketones is 1. The van der Waals surface area contributed by atoms with Crippen LogP contribution in [0.1, 0.15) is 25.7 Å². The second-order valence-corrected chi connectivity index (χ2v) is 5.77. The Hall–Kier alpha value is -1.51. The van der Waals surface area contributed by atoms with E-state index in [1.807, 2.05) is 6.20 Å². The monoisotopic (exact) mass is 243 g/mol. The molecule has 0 bridgehead atoms. The van der Waals surface area contributed by atoms with Gasteiger partial charge < -0.3 is 9.64 Å². The number of ether oxygens (including phenoxy) is 1. The molecule has 0 spiro atoms. The van der Waals surface area contributed by atoms with Crippen LogP contribution in [0.4, 0.5) is 0 Å². The molecule has 0 saturated heterocycles. The van der Waals surface area contributed by atoms with Gasteiger partial charge in [-0.2, -0.15) is 0 Å². The van der Waals surface area contributed by atoms with E-state index < -0.39 is 0 Å². The van der Waals surface area contributed by atoms with Crippen molar-refractivity contribution in [2.75, 3.05) is 0 Å². The van der Waals surface area contributed by atoms with Gasteiger partial charge in [0.1, 0.15) is 11.9 Å². The standard InChI is InChI=1S/C15H17NO2/c17-12-4-3-10-8-11-2-1-5-16-6-7-18-15(14(11)16)13(10)9-12/h1-2,5-7,10,13-15H,3-4,8-9H2. The van der Waals surface area contributed by atoms with Gasteiger partial charge in [0.25, 0.3) is 0 Å². The Morgan fingerprint density at radius 2 is 2.22 bits per heavy atom. The molecule has 4 aliphatic rings. The molecule has 2 aliphatic heterocycles. The van der Waals surface area contributed by atoms with Gasteiger partial charge in [0.15, 0.2) is 0 Å². The number of carbonyl (C=O) groups is 1. The zero-order valence-electron chi connectivity index (χ0n) is 10.3. The van der Waals surface area contributed by atoms with Gasteiger partial charge >= 0.3 is 0 Å². The molecule has 18 heavy (non-hydrogen) atoms. The molecule has 4 rings (SSSR count). The predicted molar refractivity (Wildman–Crippen MR) is 67.3 cm³/mol. The lowest BCUT2D eigenvalue weighted by Crippen LogP contribution is -2.54. The van der Waals surface area contributed by atoms with Crippen LogP contribution in [0.2, 0.25) is 0 Å². The smallest absolute Gasteiger partial charge is 0.133 e. The van der Waals surface area contributed by atoms with Crippen LogP contribution >= 0.6 is 0 Å². The van der Waals surface area contributed by atoms with E-state index in [9.17, 15) is 4.79 Å². The Balaban J connectivity index is 1.73. The summed E-state index contributed by atoms with van der Waals surface area (Å²) >= 11 is 0. The average Bonchev–Trinajstić information content (AvgIpc) is 2.40. The summed E-state index contributed by atoms with van der Waals surface area (Å²) in [6.07, 6.45) is 14.1. The lowest BCUT2D eigenvalue weighted by molar-refractivity contribution is -0.127. The summed E-state index contributed by atoms with van der Waals surface area (Å²) < 4.78 is 5.89. The third kappa shape index (κ3) is 1.39. The van der Waals surface area contributed by atoms with Gasteiger partial charge in [-0.1, -0.05) is 6.08 Å². The van der Waals surface area contributed by atoms with Gasteiger partial charge in [-0.3, -0.25) is 4.79 Å². The van der Waals surface area contributed by atoms with E-state index in [2.05, 4.69) is 23.3 Å². The van der Waals surface area contributed by atoms with Crippen molar-refractivity contribution >= 4 is 5.78 Å². The predicted octanol–water partition coefficient (Wildman–Crippen LogP) is 2.37. The van der Waals surface area contributed by atoms with Gasteiger partial charge in [-0.25, -0.2) is 0 Å². The number of hydrogen-bond acceptors (Lipinski definition) is 3. The van der Waals surface area contributed by atoms with Gasteiger partial charge in [0, 0.05) is 31.2 Å². The first-order valence-corrected chi connectivity index (χ1v) is 6.81. The van der Waals surface area contributed by atoms with Crippen molar-refractivity contribution in [2.24, 2.45) is 11.8 Å². The number of hydrogen-bond donors (Lipinski definition) is 0. The first kappa shape index (κ1) is 10.4. The average molecular weight is 243 g/mol. The van der Waals surface area contributed by atoms with E-state index in [1.165, 1.54) is 5.57 Å². The molecule has 0 aromatic heterocycles. The third-order valence-electron chi connectivity index (χ3n) is 4.83. The van der Waals surface area contributed by atoms with Crippen molar-refractivity contribution in [2.45, 2.75) is 37.8 Å². The molecule has 2 aliphatic carbocycles. The summed E-state index contributed by atoms with van der Waals surface area (Å²) in [6, 6.07) is 0.326. The fraction of sp³-hybridized carbons (Fsp3) is 0.533. The Kier molecular flexibility index (Phi) is 2.16. The summed E-state index contributed by atoms with van der Waals surface area (Å²) in [5.41, 5.74) is 1.47. The van der Waals surface area contributed by atoms with E-state index in [1.54, 1.807) is 6.26 Å². The molecule has 0 amide bonds. The van der Waals surface area contributed by atoms with Crippen molar-refractivity contribution in [1.82, 2.24) is 4.90 Å². The van der Waals surface area contributed by atoms with Crippen LogP contribution in [0.25, 0.3) is 0 Å². The van der Waals surface area contributed by atoms with E-state index in [-0.39, 0.29) is 6.10 Å². The number of rotatable bonds is 0. The van der Waals surface area contributed by atoms with Crippen LogP contribution in [0.3, 0.4) is 0 Å². The number of nitrogens with zero attached hydrogens (tertiary/aromatic N) is 1. The number of allylic oxidation sites excluding steroid dienone is 2. The molecule has 3 heteroatoms. The summed E-state index contributed by atoms with van der Waals surface area (Å²) in [4.78, 5) is 14.0. The molecule has 2 saturated carbocycles. The van der Waals surface area contributed by atoms with Gasteiger partial charge in [-0.05, 0) is 30.4 Å². The van der Waals surface area contributed by atoms with E-state index >= 15 is 0 Å². The topological polar surface area (TPSA) is 29.5 Å². The fourth-order valence-electron chi connectivity index (χ4n) is 4.00. The first-order chi connectivity index (χ1) is 8.83. The van der Waals surface area contributed by atoms with E-state index in [0.29, 0.717) is 30.1 Å². The molecule has 2 fully saturated rings. The molecule has 4 atom stereocenters. The van der Waals surface area contributed by atoms with E-state index in [0.717, 1.165) is 19.3 Å². The molecule has 3 nitrogen and oxygen atoms in total. The minimum absolute atomic E-state index is 0.161. The second kappa shape index (κ2) is 3.74. The third-order valence-corrected chi connectivity index (χ3v) is 4.83. The van der Waals surface area contributed by atoms with Crippen LogP contribution in [-0.2, 0) is 9.53 Å². The van der Waals surface area contributed by atoms with Crippen molar-refractivity contribution in [3.63, 3.8) is 0 Å². The summed E-state index contributed by atoms with van der Waals surface area (Å²) in [7, 11) is 0. The Morgan fingerprint density at radius 3 is 3.17 bits per heavy atom. The fourth-order valence-corrected chi connectivity index (χ4v) is 4.00. The quantitative estimate of drug-likeness (QED) is 0.654. The minimum Gasteiger partial charge on any atom is -0.494 e. The zero-order valence-corrected chi connectivity index (χ0v) is 10.3. The highest BCUT2D eigenvalue weighted by Crippen LogP contribution is 2.46. The van der Waals surface area contributed by atoms with Crippen LogP contribution in [-0.4, -0.2) is 22.8 Å². The highest BCUT2D eigenvalue weighted by molar-refractivity contribution is 5.79. The largest absolute Gasteiger partial charge is 0.494 e. The molecule has 2 heterocycles. The van der Waals surface area contributed by atoms with Crippen LogP contribution in [0.15, 0.2) is 36.4 Å². The van der Waals surface area contributed by atoms with Crippen molar-refractivity contribution in [3.8, 4) is 0 Å². The summed E-state index contributed by atoms with van der Waals surface area (Å²) in [5.74, 6) is 1.46. The summed E-state index contributed by atoms with van der Waals surface area (Å²) in [5, 5.41) is 0. The first-order valence-electron chi connectivity index (χ1n) is 6.81. The van der Waals surface area contributed by atoms with E-state index in [4.69, 9.17) is 4.74 Å². The maximum Gasteiger partial charge on any atom is 0.133 e. The lowest BCUT2D eigenvalue weighted by atomic mass is 9.65. The van der Waals surface area contributed by atoms with Crippen molar-refractivity contribution < 1.29 is 9.53 Å². The minimum atomic E-state index is 0.161. The highest BCUT2D eigenvalue weighted by atomic mass is 16.5. The molecule has 94 valence electrons. The van der Waals surface area contributed by atoms with Gasteiger partial charge in [0.2, 0.25) is 0 Å². The molecular formula is C15H17NO2. The molecular weight excluding hydrogens is 226 g/mol. The van der Waals surface area contributed by atoms with Gasteiger partial charge in [0.05, 0.1) is 12.3 Å². The van der Waals surface area contributed by atoms with Crippen molar-refractivity contribution in [1.29, 1.82) is 0 Å². The number of fused-ring (bicyclic) bond motifs is 2. The number of carbonyl (C=O) groups excluding carboxylic acids is 1. The Morgan fingerprint density at radius 1 is 1.28 bits per heavy atom. The second-order valence-electron chi connectivity index (χ2n) is 5.77. The zero-order chi connectivity index (χ0) is 12.1. The molecule has 0 aromatic carbocycles. The maximum absolute atomic E-state index is 11.7. The highest BCUT2D eigenvalue weighted by Gasteiger charge is 2.48. The Labute approximate surface area is 107 Å².